The van der Waals surface area contributed by atoms with Crippen LogP contribution in [0.4, 0.5) is 0 Å². The van der Waals surface area contributed by atoms with Crippen LogP contribution >= 0.6 is 0 Å². The molecular weight excluding hydrogens is 196 g/mol. The van der Waals surface area contributed by atoms with E-state index in [-0.39, 0.29) is 0 Å². The van der Waals surface area contributed by atoms with E-state index >= 15 is 0 Å². The van der Waals surface area contributed by atoms with Gasteiger partial charge >= 0.3 is 0 Å². The second-order valence-corrected chi connectivity index (χ2v) is 6.04. The van der Waals surface area contributed by atoms with Crippen molar-refractivity contribution < 1.29 is 0 Å². The zero-order chi connectivity index (χ0) is 11.4. The van der Waals surface area contributed by atoms with Gasteiger partial charge in [-0.15, -0.1) is 0 Å². The molecule has 1 heterocycles. The standard InChI is InChI=1S/C14H28N2/c1-12(2)14-11-16(10-4-8-15-14)9-3-5-13-6-7-13/h12-15H,3-11H2,1-2H3. The van der Waals surface area contributed by atoms with Gasteiger partial charge in [-0.25, -0.2) is 0 Å². The SMILES string of the molecule is CC(C)C1CN(CCCC2CC2)CCCN1. The van der Waals surface area contributed by atoms with E-state index in [0.717, 1.165) is 11.8 Å². The Bertz CT molecular complexity index is 199. The lowest BCUT2D eigenvalue weighted by atomic mass is 10.0. The van der Waals surface area contributed by atoms with E-state index in [1.54, 1.807) is 0 Å². The molecule has 94 valence electrons. The van der Waals surface area contributed by atoms with Crippen molar-refractivity contribution in [3.8, 4) is 0 Å². The van der Waals surface area contributed by atoms with Gasteiger partial charge in [-0.2, -0.15) is 0 Å². The lowest BCUT2D eigenvalue weighted by Gasteiger charge is -2.26. The van der Waals surface area contributed by atoms with Crippen molar-refractivity contribution in [1.29, 1.82) is 0 Å². The van der Waals surface area contributed by atoms with Crippen LogP contribution in [-0.4, -0.2) is 37.1 Å². The van der Waals surface area contributed by atoms with Crippen molar-refractivity contribution in [2.75, 3.05) is 26.2 Å². The van der Waals surface area contributed by atoms with E-state index in [9.17, 15) is 0 Å². The van der Waals surface area contributed by atoms with E-state index in [1.165, 1.54) is 58.3 Å². The van der Waals surface area contributed by atoms with Gasteiger partial charge in [-0.3, -0.25) is 0 Å². The normalized spacial score (nSPS) is 28.3. The molecule has 1 aliphatic carbocycles. The molecule has 0 bridgehead atoms. The van der Waals surface area contributed by atoms with Crippen LogP contribution in [0.15, 0.2) is 0 Å². The first-order valence-electron chi connectivity index (χ1n) is 7.21. The van der Waals surface area contributed by atoms with E-state index in [1.807, 2.05) is 0 Å². The minimum atomic E-state index is 0.712. The third-order valence-corrected chi connectivity index (χ3v) is 4.10. The monoisotopic (exact) mass is 224 g/mol. The number of nitrogens with one attached hydrogen (secondary N) is 1. The Morgan fingerprint density at radius 3 is 2.81 bits per heavy atom. The van der Waals surface area contributed by atoms with Crippen LogP contribution in [0, 0.1) is 11.8 Å². The predicted molar refractivity (Wildman–Crippen MR) is 69.6 cm³/mol. The molecule has 2 rings (SSSR count). The molecule has 2 heteroatoms. The molecule has 0 aromatic heterocycles. The Morgan fingerprint density at radius 1 is 1.31 bits per heavy atom. The molecule has 2 fully saturated rings. The van der Waals surface area contributed by atoms with Crippen LogP contribution in [0.1, 0.15) is 46.0 Å². The highest BCUT2D eigenvalue weighted by Gasteiger charge is 2.22. The fourth-order valence-electron chi connectivity index (χ4n) is 2.68. The average molecular weight is 224 g/mol. The largest absolute Gasteiger partial charge is 0.312 e. The van der Waals surface area contributed by atoms with Crippen LogP contribution in [0.3, 0.4) is 0 Å². The molecule has 1 saturated carbocycles. The van der Waals surface area contributed by atoms with Crippen LogP contribution < -0.4 is 5.32 Å². The first-order chi connectivity index (χ1) is 7.75. The highest BCUT2D eigenvalue weighted by Crippen LogP contribution is 2.33. The van der Waals surface area contributed by atoms with Gasteiger partial charge in [-0.1, -0.05) is 26.7 Å². The molecule has 0 radical (unpaired) electrons. The van der Waals surface area contributed by atoms with Gasteiger partial charge in [-0.05, 0) is 50.7 Å². The summed E-state index contributed by atoms with van der Waals surface area (Å²) in [7, 11) is 0. The first-order valence-corrected chi connectivity index (χ1v) is 7.21. The summed E-state index contributed by atoms with van der Waals surface area (Å²) in [5, 5.41) is 3.68. The molecule has 0 aromatic rings. The summed E-state index contributed by atoms with van der Waals surface area (Å²) >= 11 is 0. The van der Waals surface area contributed by atoms with Crippen LogP contribution in [0.25, 0.3) is 0 Å². The molecule has 2 aliphatic rings. The van der Waals surface area contributed by atoms with Gasteiger partial charge in [0.25, 0.3) is 0 Å². The van der Waals surface area contributed by atoms with Crippen molar-refractivity contribution in [2.45, 2.75) is 52.0 Å². The summed E-state index contributed by atoms with van der Waals surface area (Å²) in [4.78, 5) is 2.69. The quantitative estimate of drug-likeness (QED) is 0.772. The lowest BCUT2D eigenvalue weighted by molar-refractivity contribution is 0.240. The topological polar surface area (TPSA) is 15.3 Å². The Kier molecular flexibility index (Phi) is 4.66. The fourth-order valence-corrected chi connectivity index (χ4v) is 2.68. The summed E-state index contributed by atoms with van der Waals surface area (Å²) in [5.74, 6) is 1.87. The summed E-state index contributed by atoms with van der Waals surface area (Å²) in [6.07, 6.45) is 7.25. The van der Waals surface area contributed by atoms with Crippen molar-refractivity contribution >= 4 is 0 Å². The highest BCUT2D eigenvalue weighted by atomic mass is 15.2. The second kappa shape index (κ2) is 6.02. The van der Waals surface area contributed by atoms with Gasteiger partial charge in [0.15, 0.2) is 0 Å². The molecule has 0 aromatic carbocycles. The Labute approximate surface area is 101 Å². The number of rotatable bonds is 5. The minimum absolute atomic E-state index is 0.712. The molecule has 16 heavy (non-hydrogen) atoms. The van der Waals surface area contributed by atoms with Crippen molar-refractivity contribution in [2.24, 2.45) is 11.8 Å². The number of nitrogens with zero attached hydrogens (tertiary/aromatic N) is 1. The molecule has 1 aliphatic heterocycles. The average Bonchev–Trinajstić information content (AvgIpc) is 3.04. The van der Waals surface area contributed by atoms with E-state index in [4.69, 9.17) is 0 Å². The fraction of sp³-hybridized carbons (Fsp3) is 1.00. The maximum Gasteiger partial charge on any atom is 0.0217 e. The summed E-state index contributed by atoms with van der Waals surface area (Å²) in [6.45, 7) is 9.79. The zero-order valence-electron chi connectivity index (χ0n) is 11.0. The lowest BCUT2D eigenvalue weighted by Crippen LogP contribution is -2.41. The molecule has 1 atom stereocenters. The molecule has 1 N–H and O–H groups in total. The van der Waals surface area contributed by atoms with Crippen molar-refractivity contribution in [3.05, 3.63) is 0 Å². The van der Waals surface area contributed by atoms with Gasteiger partial charge in [0, 0.05) is 12.6 Å². The Hall–Kier alpha value is -0.0800. The molecule has 1 unspecified atom stereocenters. The molecule has 0 amide bonds. The smallest absolute Gasteiger partial charge is 0.0217 e. The molecule has 2 nitrogen and oxygen atoms in total. The maximum atomic E-state index is 3.68. The Morgan fingerprint density at radius 2 is 2.12 bits per heavy atom. The molecule has 1 saturated heterocycles. The second-order valence-electron chi connectivity index (χ2n) is 6.04. The van der Waals surface area contributed by atoms with Gasteiger partial charge in [0.2, 0.25) is 0 Å². The highest BCUT2D eigenvalue weighted by molar-refractivity contribution is 4.79. The third-order valence-electron chi connectivity index (χ3n) is 4.10. The van der Waals surface area contributed by atoms with Gasteiger partial charge in [0.05, 0.1) is 0 Å². The van der Waals surface area contributed by atoms with Gasteiger partial charge in [0.1, 0.15) is 0 Å². The van der Waals surface area contributed by atoms with Crippen molar-refractivity contribution in [1.82, 2.24) is 10.2 Å². The van der Waals surface area contributed by atoms with Gasteiger partial charge < -0.3 is 10.2 Å². The first kappa shape index (κ1) is 12.4. The van der Waals surface area contributed by atoms with Crippen molar-refractivity contribution in [3.63, 3.8) is 0 Å². The summed E-state index contributed by atoms with van der Waals surface area (Å²) < 4.78 is 0. The maximum absolute atomic E-state index is 3.68. The number of hydrogen-bond acceptors (Lipinski definition) is 2. The molecular formula is C14H28N2. The summed E-state index contributed by atoms with van der Waals surface area (Å²) in [6, 6.07) is 0.712. The van der Waals surface area contributed by atoms with Crippen LogP contribution in [0.5, 0.6) is 0 Å². The van der Waals surface area contributed by atoms with Crippen LogP contribution in [-0.2, 0) is 0 Å². The van der Waals surface area contributed by atoms with E-state index < -0.39 is 0 Å². The zero-order valence-corrected chi connectivity index (χ0v) is 11.0. The van der Waals surface area contributed by atoms with E-state index in [0.29, 0.717) is 6.04 Å². The Balaban J connectivity index is 1.68. The number of hydrogen-bond donors (Lipinski definition) is 1. The molecule has 0 spiro atoms. The predicted octanol–water partition coefficient (Wildman–Crippen LogP) is 2.50. The minimum Gasteiger partial charge on any atom is -0.312 e. The van der Waals surface area contributed by atoms with Crippen LogP contribution in [0.2, 0.25) is 0 Å². The van der Waals surface area contributed by atoms with E-state index in [2.05, 4.69) is 24.1 Å². The summed E-state index contributed by atoms with van der Waals surface area (Å²) in [5.41, 5.74) is 0. The third kappa shape index (κ3) is 4.06.